The second-order valence-corrected chi connectivity index (χ2v) is 7.38. The normalized spacial score (nSPS) is 9.77. The van der Waals surface area contributed by atoms with Gasteiger partial charge in [0.15, 0.2) is 13.4 Å². The van der Waals surface area contributed by atoms with Crippen LogP contribution >= 0.6 is 7.92 Å². The van der Waals surface area contributed by atoms with Crippen molar-refractivity contribution < 1.29 is 47.4 Å². The van der Waals surface area contributed by atoms with Gasteiger partial charge >= 0.3 is 21.1 Å². The minimum atomic E-state index is -3.08. The van der Waals surface area contributed by atoms with Crippen molar-refractivity contribution in [3.05, 3.63) is 110 Å². The van der Waals surface area contributed by atoms with Crippen molar-refractivity contribution in [1.29, 1.82) is 0 Å². The molecule has 30 heavy (non-hydrogen) atoms. The van der Waals surface area contributed by atoms with E-state index in [1.165, 1.54) is 21.5 Å². The molecule has 0 aliphatic rings. The molecule has 3 aromatic carbocycles. The molecular weight excluding hydrogens is 604 g/mol. The smallest absolute Gasteiger partial charge is 0.385 e. The third-order valence-electron chi connectivity index (χ3n) is 3.43. The summed E-state index contributed by atoms with van der Waals surface area (Å²) in [7, 11) is -0.544. The number of benzene rings is 3. The predicted octanol–water partition coefficient (Wildman–Crippen LogP) is 6.77. The van der Waals surface area contributed by atoms with Gasteiger partial charge in [-0.3, -0.25) is 0 Å². The summed E-state index contributed by atoms with van der Waals surface area (Å²) in [5, 5.41) is 4.10. The van der Waals surface area contributed by atoms with E-state index in [-0.39, 0.29) is 21.1 Å². The first-order chi connectivity index (χ1) is 13.9. The van der Waals surface area contributed by atoms with Crippen molar-refractivity contribution >= 4 is 29.9 Å². The van der Waals surface area contributed by atoms with Crippen LogP contribution in [0, 0.1) is 13.4 Å². The molecule has 0 aliphatic heterocycles. The van der Waals surface area contributed by atoms with Gasteiger partial charge in [0.05, 0.1) is 0 Å². The van der Waals surface area contributed by atoms with Crippen molar-refractivity contribution in [2.75, 3.05) is 0 Å². The molecule has 0 radical (unpaired) electrons. The van der Waals surface area contributed by atoms with Gasteiger partial charge in [0.2, 0.25) is 0 Å². The van der Waals surface area contributed by atoms with E-state index in [1.54, 1.807) is 0 Å². The van der Waals surface area contributed by atoms with E-state index in [2.05, 4.69) is 91.5 Å². The van der Waals surface area contributed by atoms with Gasteiger partial charge in [-0.05, 0) is 29.4 Å². The van der Waals surface area contributed by atoms with Crippen LogP contribution in [0.4, 0.5) is 26.3 Å². The number of halogens is 6. The van der Waals surface area contributed by atoms with Crippen LogP contribution in [0.25, 0.3) is 6.08 Å². The van der Waals surface area contributed by atoms with Crippen molar-refractivity contribution in [3.63, 3.8) is 0 Å². The van der Waals surface area contributed by atoms with E-state index < -0.39 is 21.3 Å². The summed E-state index contributed by atoms with van der Waals surface area (Å²) in [4.78, 5) is 0. The van der Waals surface area contributed by atoms with Gasteiger partial charge in [0.25, 0.3) is 0 Å². The zero-order valence-electron chi connectivity index (χ0n) is 15.4. The minimum absolute atomic E-state index is 0. The molecule has 8 heteroatoms. The molecule has 0 unspecified atom stereocenters. The molecule has 0 atom stereocenters. The number of rotatable bonds is 4. The van der Waals surface area contributed by atoms with Crippen molar-refractivity contribution in [2.24, 2.45) is 0 Å². The van der Waals surface area contributed by atoms with E-state index in [1.807, 2.05) is 6.08 Å². The topological polar surface area (TPSA) is 0 Å². The monoisotopic (exact) mass is 621 g/mol. The summed E-state index contributed by atoms with van der Waals surface area (Å²) >= 11 is 0. The van der Waals surface area contributed by atoms with E-state index in [0.29, 0.717) is 0 Å². The van der Waals surface area contributed by atoms with Crippen LogP contribution in [0.15, 0.2) is 91.5 Å². The Morgan fingerprint density at radius 2 is 0.933 bits per heavy atom. The predicted molar refractivity (Wildman–Crippen MR) is 108 cm³/mol. The quantitative estimate of drug-likeness (QED) is 0.172. The Morgan fingerprint density at radius 1 is 0.600 bits per heavy atom. The Morgan fingerprint density at radius 3 is 1.30 bits per heavy atom. The van der Waals surface area contributed by atoms with Crippen molar-refractivity contribution in [3.8, 4) is 0 Å². The molecular formula is C22H17F6PPt. The summed E-state index contributed by atoms with van der Waals surface area (Å²) in [5.41, 5.74) is 1.22. The van der Waals surface area contributed by atoms with Gasteiger partial charge in [0.1, 0.15) is 0 Å². The van der Waals surface area contributed by atoms with Crippen molar-refractivity contribution in [1.82, 2.24) is 0 Å². The molecule has 0 saturated carbocycles. The molecule has 0 heterocycles. The first-order valence-corrected chi connectivity index (χ1v) is 9.49. The third-order valence-corrected chi connectivity index (χ3v) is 5.94. The van der Waals surface area contributed by atoms with E-state index in [4.69, 9.17) is 0 Å². The Balaban J connectivity index is 0.000000808. The molecule has 0 spiro atoms. The van der Waals surface area contributed by atoms with Crippen LogP contribution in [0.1, 0.15) is 5.56 Å². The second-order valence-electron chi connectivity index (χ2n) is 5.20. The Kier molecular flexibility index (Phi) is 14.9. The first-order valence-electron chi connectivity index (χ1n) is 8.15. The fraction of sp³-hybridized carbons (Fsp3) is 0. The molecule has 3 aromatic rings. The van der Waals surface area contributed by atoms with Gasteiger partial charge < -0.3 is 26.3 Å². The average molecular weight is 621 g/mol. The van der Waals surface area contributed by atoms with E-state index >= 15 is 0 Å². The molecule has 0 N–H and O–H groups in total. The number of hydrogen-bond donors (Lipinski definition) is 0. The second kappa shape index (κ2) is 15.9. The summed E-state index contributed by atoms with van der Waals surface area (Å²) in [6.45, 7) is -2.19. The molecule has 0 fully saturated rings. The van der Waals surface area contributed by atoms with Gasteiger partial charge in [-0.1, -0.05) is 97.6 Å². The fourth-order valence-corrected chi connectivity index (χ4v) is 4.90. The van der Waals surface area contributed by atoms with Crippen LogP contribution in [0.3, 0.4) is 0 Å². The SMILES string of the molecule is C=Cc1ccccc1P(c1ccccc1)c1ccccc1.F[C-](F)F.F[C-](F)F.[Pt+2]. The molecule has 162 valence electrons. The van der Waals surface area contributed by atoms with E-state index in [0.717, 1.165) is 0 Å². The van der Waals surface area contributed by atoms with Crippen LogP contribution in [-0.4, -0.2) is 0 Å². The zero-order chi connectivity index (χ0) is 21.6. The first kappa shape index (κ1) is 28.1. The van der Waals surface area contributed by atoms with Gasteiger partial charge in [0, 0.05) is 0 Å². The molecule has 0 aliphatic carbocycles. The van der Waals surface area contributed by atoms with Crippen LogP contribution in [0.5, 0.6) is 0 Å². The van der Waals surface area contributed by atoms with Crippen molar-refractivity contribution in [2.45, 2.75) is 0 Å². The van der Waals surface area contributed by atoms with Gasteiger partial charge in [-0.2, -0.15) is 0 Å². The number of hydrogen-bond acceptors (Lipinski definition) is 0. The molecule has 0 amide bonds. The molecule has 0 aromatic heterocycles. The largest absolute Gasteiger partial charge is 2.00 e. The van der Waals surface area contributed by atoms with Crippen LogP contribution in [0.2, 0.25) is 0 Å². The Labute approximate surface area is 187 Å². The summed E-state index contributed by atoms with van der Waals surface area (Å²) in [5.74, 6) is 0. The fourth-order valence-electron chi connectivity index (χ4n) is 2.45. The molecule has 3 rings (SSSR count). The Bertz CT molecular complexity index is 780. The summed E-state index contributed by atoms with van der Waals surface area (Å²) in [6, 6.07) is 30.0. The Hall–Kier alpha value is -1.90. The maximum Gasteiger partial charge on any atom is 2.00 e. The summed E-state index contributed by atoms with van der Waals surface area (Å²) < 4.78 is 57.5. The van der Waals surface area contributed by atoms with E-state index in [9.17, 15) is 26.3 Å². The maximum atomic E-state index is 9.58. The van der Waals surface area contributed by atoms with Crippen LogP contribution < -0.4 is 15.9 Å². The van der Waals surface area contributed by atoms with Crippen LogP contribution in [-0.2, 0) is 21.1 Å². The van der Waals surface area contributed by atoms with Gasteiger partial charge in [-0.25, -0.2) is 0 Å². The maximum absolute atomic E-state index is 9.58. The third kappa shape index (κ3) is 10.8. The van der Waals surface area contributed by atoms with Gasteiger partial charge in [-0.15, -0.1) is 0 Å². The average Bonchev–Trinajstić information content (AvgIpc) is 2.69. The molecule has 0 bridgehead atoms. The minimum Gasteiger partial charge on any atom is -0.385 e. The summed E-state index contributed by atoms with van der Waals surface area (Å²) in [6.07, 6.45) is 1.95. The molecule has 0 nitrogen and oxygen atoms in total. The standard InChI is InChI=1S/C20H17P.2CF3.Pt/c1-2-17-11-9-10-16-20(17)21(18-12-5-3-6-13-18)19-14-7-4-8-15-19;2*2-1(3)4;/h2-16H,1H2;;;/q;2*-1;+2. The molecule has 0 saturated heterocycles. The zero-order valence-corrected chi connectivity index (χ0v) is 18.6.